The van der Waals surface area contributed by atoms with E-state index in [9.17, 15) is 9.59 Å². The van der Waals surface area contributed by atoms with Gasteiger partial charge in [-0.05, 0) is 79.6 Å². The highest BCUT2D eigenvalue weighted by molar-refractivity contribution is 7.11. The molecule has 144 valence electrons. The van der Waals surface area contributed by atoms with E-state index in [1.807, 2.05) is 11.5 Å². The van der Waals surface area contributed by atoms with Crippen molar-refractivity contribution in [3.63, 3.8) is 0 Å². The lowest BCUT2D eigenvalue weighted by Crippen LogP contribution is -2.51. The SMILES string of the molecule is C[C@]12CC[C@H]3[C@@H](CCC4=CC(=O)CC[C@@]43C)[C@@H]1CC[C@@H]2C(=O)c1nccs1. The lowest BCUT2D eigenvalue weighted by Gasteiger charge is -2.58. The number of carbonyl (C=O) groups is 2. The second-order valence-corrected chi connectivity index (χ2v) is 10.7. The van der Waals surface area contributed by atoms with Gasteiger partial charge in [-0.25, -0.2) is 4.98 Å². The topological polar surface area (TPSA) is 47.0 Å². The molecule has 3 saturated carbocycles. The molecule has 0 unspecified atom stereocenters. The predicted molar refractivity (Wildman–Crippen MR) is 107 cm³/mol. The van der Waals surface area contributed by atoms with Crippen LogP contribution in [0.5, 0.6) is 0 Å². The molecule has 0 aromatic carbocycles. The van der Waals surface area contributed by atoms with Crippen molar-refractivity contribution in [1.82, 2.24) is 4.98 Å². The van der Waals surface area contributed by atoms with E-state index < -0.39 is 0 Å². The molecule has 0 N–H and O–H groups in total. The number of allylic oxidation sites excluding steroid dienone is 1. The molecule has 4 aliphatic carbocycles. The van der Waals surface area contributed by atoms with Gasteiger partial charge in [0.25, 0.3) is 0 Å². The molecule has 1 heterocycles. The molecule has 1 aromatic heterocycles. The van der Waals surface area contributed by atoms with Gasteiger partial charge in [-0.2, -0.15) is 0 Å². The van der Waals surface area contributed by atoms with E-state index in [2.05, 4.69) is 18.8 Å². The van der Waals surface area contributed by atoms with Gasteiger partial charge in [0.2, 0.25) is 0 Å². The van der Waals surface area contributed by atoms with E-state index in [0.717, 1.165) is 32.1 Å². The maximum atomic E-state index is 13.2. The third-order valence-corrected chi connectivity index (χ3v) is 9.71. The molecule has 5 rings (SSSR count). The summed E-state index contributed by atoms with van der Waals surface area (Å²) in [7, 11) is 0. The minimum Gasteiger partial charge on any atom is -0.295 e. The Hall–Kier alpha value is -1.29. The Morgan fingerprint density at radius 1 is 1.11 bits per heavy atom. The monoisotopic (exact) mass is 383 g/mol. The standard InChI is InChI=1S/C23H29NO2S/c1-22-9-7-15(25)13-14(22)3-4-16-17-5-6-19(20(26)21-24-11-12-27-21)23(17,2)10-8-18(16)22/h11-13,16-19H,3-10H2,1-2H3/t16-,17-,18-,19+,22-,23-/m0/s1. The Kier molecular flexibility index (Phi) is 4.02. The molecule has 3 nitrogen and oxygen atoms in total. The van der Waals surface area contributed by atoms with Crippen molar-refractivity contribution in [2.75, 3.05) is 0 Å². The van der Waals surface area contributed by atoms with E-state index in [4.69, 9.17) is 0 Å². The van der Waals surface area contributed by atoms with Crippen LogP contribution in [0.2, 0.25) is 0 Å². The van der Waals surface area contributed by atoms with Gasteiger partial charge in [0.1, 0.15) is 0 Å². The van der Waals surface area contributed by atoms with Crippen molar-refractivity contribution < 1.29 is 9.59 Å². The van der Waals surface area contributed by atoms with Crippen molar-refractivity contribution in [2.45, 2.75) is 65.2 Å². The number of Topliss-reactive ketones (excluding diaryl/α,β-unsaturated/α-hetero) is 1. The molecular formula is C23H29NO2S. The van der Waals surface area contributed by atoms with E-state index in [-0.39, 0.29) is 16.7 Å². The van der Waals surface area contributed by atoms with E-state index in [1.165, 1.54) is 36.2 Å². The minimum atomic E-state index is 0.131. The minimum absolute atomic E-state index is 0.131. The van der Waals surface area contributed by atoms with Gasteiger partial charge in [0, 0.05) is 23.9 Å². The summed E-state index contributed by atoms with van der Waals surface area (Å²) >= 11 is 1.49. The first-order chi connectivity index (χ1) is 12.9. The molecule has 0 spiro atoms. The summed E-state index contributed by atoms with van der Waals surface area (Å²) in [6.45, 7) is 4.83. The van der Waals surface area contributed by atoms with Gasteiger partial charge < -0.3 is 0 Å². The number of fused-ring (bicyclic) bond motifs is 5. The van der Waals surface area contributed by atoms with Crippen LogP contribution in [0.25, 0.3) is 0 Å². The lowest BCUT2D eigenvalue weighted by molar-refractivity contribution is -0.117. The molecule has 6 atom stereocenters. The fourth-order valence-corrected chi connectivity index (χ4v) is 8.11. The summed E-state index contributed by atoms with van der Waals surface area (Å²) in [5, 5.41) is 2.62. The molecule has 1 aromatic rings. The van der Waals surface area contributed by atoms with Gasteiger partial charge >= 0.3 is 0 Å². The Labute approximate surface area is 165 Å². The van der Waals surface area contributed by atoms with Crippen LogP contribution < -0.4 is 0 Å². The zero-order valence-corrected chi connectivity index (χ0v) is 17.2. The summed E-state index contributed by atoms with van der Waals surface area (Å²) in [4.78, 5) is 29.4. The van der Waals surface area contributed by atoms with Gasteiger partial charge in [-0.1, -0.05) is 19.4 Å². The zero-order chi connectivity index (χ0) is 18.8. The number of hydrogen-bond donors (Lipinski definition) is 0. The number of hydrogen-bond acceptors (Lipinski definition) is 4. The van der Waals surface area contributed by atoms with Crippen LogP contribution in [0, 0.1) is 34.5 Å². The van der Waals surface area contributed by atoms with E-state index in [0.29, 0.717) is 34.3 Å². The fraction of sp³-hybridized carbons (Fsp3) is 0.696. The molecule has 0 radical (unpaired) electrons. The molecular weight excluding hydrogens is 354 g/mol. The van der Waals surface area contributed by atoms with Crippen molar-refractivity contribution in [3.8, 4) is 0 Å². The van der Waals surface area contributed by atoms with Crippen molar-refractivity contribution in [1.29, 1.82) is 0 Å². The first-order valence-corrected chi connectivity index (χ1v) is 11.5. The van der Waals surface area contributed by atoms with Crippen LogP contribution in [0.1, 0.15) is 75.0 Å². The molecule has 0 bridgehead atoms. The Morgan fingerprint density at radius 2 is 1.96 bits per heavy atom. The maximum absolute atomic E-state index is 13.2. The number of ketones is 2. The molecule has 0 saturated heterocycles. The highest BCUT2D eigenvalue weighted by Crippen LogP contribution is 2.66. The summed E-state index contributed by atoms with van der Waals surface area (Å²) in [6, 6.07) is 0. The molecule has 0 amide bonds. The number of rotatable bonds is 2. The Balaban J connectivity index is 1.44. The second-order valence-electron chi connectivity index (χ2n) is 9.84. The van der Waals surface area contributed by atoms with Gasteiger partial charge in [0.15, 0.2) is 16.6 Å². The average Bonchev–Trinajstić information content (AvgIpc) is 3.29. The van der Waals surface area contributed by atoms with Crippen LogP contribution >= 0.6 is 11.3 Å². The molecule has 0 aliphatic heterocycles. The first-order valence-electron chi connectivity index (χ1n) is 10.6. The van der Waals surface area contributed by atoms with Crippen LogP contribution in [0.15, 0.2) is 23.2 Å². The molecule has 27 heavy (non-hydrogen) atoms. The van der Waals surface area contributed by atoms with Crippen molar-refractivity contribution >= 4 is 22.9 Å². The third-order valence-electron chi connectivity index (χ3n) is 8.92. The molecule has 4 heteroatoms. The van der Waals surface area contributed by atoms with Crippen LogP contribution in [-0.2, 0) is 4.79 Å². The van der Waals surface area contributed by atoms with Gasteiger partial charge in [-0.15, -0.1) is 11.3 Å². The van der Waals surface area contributed by atoms with Crippen molar-refractivity contribution in [2.24, 2.45) is 34.5 Å². The first kappa shape index (κ1) is 17.8. The van der Waals surface area contributed by atoms with E-state index in [1.54, 1.807) is 6.20 Å². The third kappa shape index (κ3) is 2.48. The van der Waals surface area contributed by atoms with Crippen molar-refractivity contribution in [3.05, 3.63) is 28.2 Å². The average molecular weight is 384 g/mol. The van der Waals surface area contributed by atoms with E-state index >= 15 is 0 Å². The quantitative estimate of drug-likeness (QED) is 0.636. The maximum Gasteiger partial charge on any atom is 0.194 e. The largest absolute Gasteiger partial charge is 0.295 e. The van der Waals surface area contributed by atoms with Crippen LogP contribution in [0.3, 0.4) is 0 Å². The highest BCUT2D eigenvalue weighted by Gasteiger charge is 2.60. The normalized spacial score (nSPS) is 43.5. The molecule has 4 aliphatic rings. The number of thiazole rings is 1. The summed E-state index contributed by atoms with van der Waals surface area (Å²) < 4.78 is 0. The lowest BCUT2D eigenvalue weighted by atomic mass is 9.46. The van der Waals surface area contributed by atoms with Gasteiger partial charge in [0.05, 0.1) is 0 Å². The van der Waals surface area contributed by atoms with Crippen LogP contribution in [-0.4, -0.2) is 16.6 Å². The second kappa shape index (κ2) is 6.10. The smallest absolute Gasteiger partial charge is 0.194 e. The number of aromatic nitrogens is 1. The number of nitrogens with zero attached hydrogens (tertiary/aromatic N) is 1. The Morgan fingerprint density at radius 3 is 2.74 bits per heavy atom. The summed E-state index contributed by atoms with van der Waals surface area (Å²) in [5.41, 5.74) is 1.78. The van der Waals surface area contributed by atoms with Gasteiger partial charge in [-0.3, -0.25) is 9.59 Å². The summed E-state index contributed by atoms with van der Waals surface area (Å²) in [6.07, 6.45) is 12.4. The number of carbonyl (C=O) groups excluding carboxylic acids is 2. The van der Waals surface area contributed by atoms with Crippen LogP contribution in [0.4, 0.5) is 0 Å². The Bertz CT molecular complexity index is 812. The zero-order valence-electron chi connectivity index (χ0n) is 16.4. The highest BCUT2D eigenvalue weighted by atomic mass is 32.1. The molecule has 3 fully saturated rings. The fourth-order valence-electron chi connectivity index (χ4n) is 7.48. The summed E-state index contributed by atoms with van der Waals surface area (Å²) in [5.74, 6) is 2.83. The predicted octanol–water partition coefficient (Wildman–Crippen LogP) is 5.47.